The highest BCUT2D eigenvalue weighted by Gasteiger charge is 2.04. The molecule has 1 aliphatic rings. The highest BCUT2D eigenvalue weighted by molar-refractivity contribution is 4.89. The molecule has 1 fully saturated rings. The number of imidazole rings is 1. The van der Waals surface area contributed by atoms with Gasteiger partial charge in [-0.25, -0.2) is 4.98 Å². The molecular formula is C19H34N4. The van der Waals surface area contributed by atoms with E-state index < -0.39 is 0 Å². The lowest BCUT2D eigenvalue weighted by molar-refractivity contribution is 0.301. The molecule has 2 aromatic rings. The van der Waals surface area contributed by atoms with E-state index in [1.807, 2.05) is 22.9 Å². The number of rotatable bonds is 3. The summed E-state index contributed by atoms with van der Waals surface area (Å²) in [5.41, 5.74) is 0. The molecule has 130 valence electrons. The van der Waals surface area contributed by atoms with Gasteiger partial charge < -0.3 is 14.0 Å². The Morgan fingerprint density at radius 3 is 1.70 bits per heavy atom. The van der Waals surface area contributed by atoms with E-state index in [2.05, 4.69) is 47.6 Å². The standard InChI is InChI=1S/C8H17N.C6H9N.C5H8N2/c1-2-9-7-5-3-4-6-8-9;1-2-7-5-3-4-6-7;1-2-7-4-3-6-5-7/h2-8H2,1H3;3-6H,2H2,1H3;3-5H,2H2,1H3. The van der Waals surface area contributed by atoms with Crippen molar-refractivity contribution in [2.45, 2.75) is 59.5 Å². The summed E-state index contributed by atoms with van der Waals surface area (Å²) >= 11 is 0. The lowest BCUT2D eigenvalue weighted by atomic mass is 10.2. The number of hydrogen-bond acceptors (Lipinski definition) is 2. The third kappa shape index (κ3) is 9.24. The minimum Gasteiger partial charge on any atom is -0.355 e. The summed E-state index contributed by atoms with van der Waals surface area (Å²) < 4.78 is 4.14. The fourth-order valence-electron chi connectivity index (χ4n) is 2.51. The molecule has 2 aromatic heterocycles. The molecule has 0 atom stereocenters. The molecule has 23 heavy (non-hydrogen) atoms. The Balaban J connectivity index is 0.000000175. The van der Waals surface area contributed by atoms with E-state index >= 15 is 0 Å². The molecule has 0 unspecified atom stereocenters. The first kappa shape index (κ1) is 19.5. The number of nitrogens with zero attached hydrogens (tertiary/aromatic N) is 4. The predicted octanol–water partition coefficient (Wildman–Crippen LogP) is 4.29. The van der Waals surface area contributed by atoms with Crippen molar-refractivity contribution in [1.29, 1.82) is 0 Å². The van der Waals surface area contributed by atoms with Crippen LogP contribution in [0.3, 0.4) is 0 Å². The minimum atomic E-state index is 1.01. The SMILES string of the molecule is CCN1CCCCCC1.CCn1cccc1.CCn1ccnc1. The van der Waals surface area contributed by atoms with E-state index in [1.165, 1.54) is 45.3 Å². The lowest BCUT2D eigenvalue weighted by Crippen LogP contribution is -2.23. The quantitative estimate of drug-likeness (QED) is 0.843. The van der Waals surface area contributed by atoms with E-state index in [4.69, 9.17) is 0 Å². The number of hydrogen-bond donors (Lipinski definition) is 0. The normalized spacial score (nSPS) is 14.9. The van der Waals surface area contributed by atoms with Crippen LogP contribution in [0.1, 0.15) is 46.5 Å². The Labute approximate surface area is 142 Å². The third-order valence-electron chi connectivity index (χ3n) is 4.10. The zero-order valence-electron chi connectivity index (χ0n) is 15.2. The summed E-state index contributed by atoms with van der Waals surface area (Å²) in [6.07, 6.45) is 15.4. The largest absolute Gasteiger partial charge is 0.355 e. The van der Waals surface area contributed by atoms with E-state index in [1.54, 1.807) is 12.5 Å². The molecule has 3 heterocycles. The van der Waals surface area contributed by atoms with Gasteiger partial charge in [-0.1, -0.05) is 19.8 Å². The van der Waals surface area contributed by atoms with Crippen LogP contribution in [0.4, 0.5) is 0 Å². The van der Waals surface area contributed by atoms with Gasteiger partial charge in [0.1, 0.15) is 0 Å². The van der Waals surface area contributed by atoms with E-state index in [0.29, 0.717) is 0 Å². The summed E-state index contributed by atoms with van der Waals surface area (Å²) in [7, 11) is 0. The van der Waals surface area contributed by atoms with Crippen LogP contribution in [0.2, 0.25) is 0 Å². The Kier molecular flexibility index (Phi) is 11.0. The Morgan fingerprint density at radius 1 is 0.739 bits per heavy atom. The van der Waals surface area contributed by atoms with Crippen molar-refractivity contribution in [2.75, 3.05) is 19.6 Å². The van der Waals surface area contributed by atoms with Crippen molar-refractivity contribution < 1.29 is 0 Å². The van der Waals surface area contributed by atoms with Crippen molar-refractivity contribution in [3.05, 3.63) is 43.2 Å². The molecule has 0 bridgehead atoms. The fraction of sp³-hybridized carbons (Fsp3) is 0.632. The number of likely N-dealkylation sites (tertiary alicyclic amines) is 1. The van der Waals surface area contributed by atoms with Crippen LogP contribution >= 0.6 is 0 Å². The third-order valence-corrected chi connectivity index (χ3v) is 4.10. The van der Waals surface area contributed by atoms with Crippen LogP contribution in [0.15, 0.2) is 43.2 Å². The molecular weight excluding hydrogens is 284 g/mol. The molecule has 4 heteroatoms. The molecule has 1 aliphatic heterocycles. The zero-order chi connectivity index (χ0) is 16.8. The topological polar surface area (TPSA) is 26.0 Å². The fourth-order valence-corrected chi connectivity index (χ4v) is 2.51. The van der Waals surface area contributed by atoms with E-state index in [0.717, 1.165) is 13.1 Å². The van der Waals surface area contributed by atoms with Crippen LogP contribution in [-0.2, 0) is 13.1 Å². The van der Waals surface area contributed by atoms with Crippen molar-refractivity contribution in [3.63, 3.8) is 0 Å². The van der Waals surface area contributed by atoms with Gasteiger partial charge in [0, 0.05) is 37.9 Å². The smallest absolute Gasteiger partial charge is 0.0945 e. The second kappa shape index (κ2) is 12.9. The van der Waals surface area contributed by atoms with Gasteiger partial charge in [-0.15, -0.1) is 0 Å². The average molecular weight is 319 g/mol. The number of aryl methyl sites for hydroxylation is 2. The van der Waals surface area contributed by atoms with Gasteiger partial charge in [0.05, 0.1) is 6.33 Å². The summed E-state index contributed by atoms with van der Waals surface area (Å²) in [5, 5.41) is 0. The first-order chi connectivity index (χ1) is 11.3. The van der Waals surface area contributed by atoms with E-state index in [9.17, 15) is 0 Å². The second-order valence-electron chi connectivity index (χ2n) is 5.76. The van der Waals surface area contributed by atoms with Crippen molar-refractivity contribution in [1.82, 2.24) is 19.0 Å². The summed E-state index contributed by atoms with van der Waals surface area (Å²) in [4.78, 5) is 6.40. The Bertz CT molecular complexity index is 405. The van der Waals surface area contributed by atoms with Gasteiger partial charge in [-0.2, -0.15) is 0 Å². The van der Waals surface area contributed by atoms with Gasteiger partial charge >= 0.3 is 0 Å². The van der Waals surface area contributed by atoms with Crippen molar-refractivity contribution in [3.8, 4) is 0 Å². The van der Waals surface area contributed by atoms with Gasteiger partial charge in [0.15, 0.2) is 0 Å². The first-order valence-corrected chi connectivity index (χ1v) is 9.08. The van der Waals surface area contributed by atoms with Crippen molar-refractivity contribution in [2.24, 2.45) is 0 Å². The molecule has 0 radical (unpaired) electrons. The molecule has 0 aliphatic carbocycles. The molecule has 0 saturated carbocycles. The van der Waals surface area contributed by atoms with Crippen LogP contribution < -0.4 is 0 Å². The Hall–Kier alpha value is -1.55. The molecule has 0 N–H and O–H groups in total. The minimum absolute atomic E-state index is 1.01. The Morgan fingerprint density at radius 2 is 1.35 bits per heavy atom. The van der Waals surface area contributed by atoms with Gasteiger partial charge in [-0.05, 0) is 58.5 Å². The maximum atomic E-state index is 3.86. The maximum absolute atomic E-state index is 3.86. The van der Waals surface area contributed by atoms with Crippen molar-refractivity contribution >= 4 is 0 Å². The lowest BCUT2D eigenvalue weighted by Gasteiger charge is -2.15. The summed E-state index contributed by atoms with van der Waals surface area (Å²) in [6.45, 7) is 12.5. The average Bonchev–Trinajstić information content (AvgIpc) is 3.25. The van der Waals surface area contributed by atoms with E-state index in [-0.39, 0.29) is 0 Å². The van der Waals surface area contributed by atoms with Crippen LogP contribution in [0, 0.1) is 0 Å². The number of aromatic nitrogens is 3. The van der Waals surface area contributed by atoms with Gasteiger partial charge in [0.25, 0.3) is 0 Å². The molecule has 4 nitrogen and oxygen atoms in total. The first-order valence-electron chi connectivity index (χ1n) is 9.08. The van der Waals surface area contributed by atoms with Gasteiger partial charge in [0.2, 0.25) is 0 Å². The monoisotopic (exact) mass is 318 g/mol. The zero-order valence-corrected chi connectivity index (χ0v) is 15.2. The summed E-state index contributed by atoms with van der Waals surface area (Å²) in [5.74, 6) is 0. The summed E-state index contributed by atoms with van der Waals surface area (Å²) in [6, 6.07) is 4.06. The molecule has 3 rings (SSSR count). The molecule has 1 saturated heterocycles. The second-order valence-corrected chi connectivity index (χ2v) is 5.76. The molecule has 0 aromatic carbocycles. The van der Waals surface area contributed by atoms with Crippen LogP contribution in [-0.4, -0.2) is 38.7 Å². The van der Waals surface area contributed by atoms with Crippen LogP contribution in [0.25, 0.3) is 0 Å². The highest BCUT2D eigenvalue weighted by Crippen LogP contribution is 2.08. The molecule has 0 spiro atoms. The van der Waals surface area contributed by atoms with Crippen LogP contribution in [0.5, 0.6) is 0 Å². The highest BCUT2D eigenvalue weighted by atomic mass is 15.1. The predicted molar refractivity (Wildman–Crippen MR) is 98.6 cm³/mol. The maximum Gasteiger partial charge on any atom is 0.0945 e. The van der Waals surface area contributed by atoms with Gasteiger partial charge in [-0.3, -0.25) is 0 Å². The molecule has 0 amide bonds.